The van der Waals surface area contributed by atoms with Gasteiger partial charge in [-0.25, -0.2) is 4.79 Å². The van der Waals surface area contributed by atoms with E-state index in [1.165, 1.54) is 4.90 Å². The lowest BCUT2D eigenvalue weighted by Gasteiger charge is -2.36. The molecule has 2 aliphatic heterocycles. The van der Waals surface area contributed by atoms with Gasteiger partial charge < -0.3 is 15.3 Å². The van der Waals surface area contributed by atoms with E-state index in [0.29, 0.717) is 32.4 Å². The first kappa shape index (κ1) is 13.8. The van der Waals surface area contributed by atoms with E-state index in [2.05, 4.69) is 5.32 Å². The molecule has 0 aliphatic carbocycles. The molecule has 0 saturated carbocycles. The van der Waals surface area contributed by atoms with Crippen molar-refractivity contribution in [2.45, 2.75) is 44.6 Å². The molecule has 2 aliphatic rings. The fourth-order valence-corrected chi connectivity index (χ4v) is 3.20. The molecule has 19 heavy (non-hydrogen) atoms. The first-order valence-electron chi connectivity index (χ1n) is 6.83. The zero-order valence-corrected chi connectivity index (χ0v) is 11.1. The van der Waals surface area contributed by atoms with E-state index in [-0.39, 0.29) is 18.2 Å². The van der Waals surface area contributed by atoms with Crippen LogP contribution < -0.4 is 5.32 Å². The van der Waals surface area contributed by atoms with Gasteiger partial charge in [-0.2, -0.15) is 0 Å². The second-order valence-electron chi connectivity index (χ2n) is 5.39. The van der Waals surface area contributed by atoms with Crippen LogP contribution in [-0.4, -0.2) is 46.4 Å². The number of aliphatic carboxylic acids is 1. The number of carbonyl (C=O) groups is 3. The highest BCUT2D eigenvalue weighted by atomic mass is 16.4. The quantitative estimate of drug-likeness (QED) is 0.771. The maximum Gasteiger partial charge on any atom is 0.329 e. The number of nitrogens with zero attached hydrogens (tertiary/aromatic N) is 1. The lowest BCUT2D eigenvalue weighted by Crippen LogP contribution is -2.54. The van der Waals surface area contributed by atoms with Crippen LogP contribution in [0.15, 0.2) is 0 Å². The van der Waals surface area contributed by atoms with Crippen molar-refractivity contribution in [2.24, 2.45) is 5.92 Å². The number of amides is 2. The molecule has 2 N–H and O–H groups in total. The van der Waals surface area contributed by atoms with Gasteiger partial charge >= 0.3 is 5.97 Å². The molecule has 2 amide bonds. The molecule has 0 aromatic rings. The van der Waals surface area contributed by atoms with E-state index < -0.39 is 17.4 Å². The van der Waals surface area contributed by atoms with Gasteiger partial charge in [0.2, 0.25) is 11.8 Å². The molecule has 106 valence electrons. The summed E-state index contributed by atoms with van der Waals surface area (Å²) in [5.74, 6) is -1.64. The lowest BCUT2D eigenvalue weighted by atomic mass is 9.89. The number of likely N-dealkylation sites (tertiary alicyclic amines) is 1. The van der Waals surface area contributed by atoms with E-state index in [0.717, 1.165) is 6.42 Å². The molecule has 2 unspecified atom stereocenters. The fourth-order valence-electron chi connectivity index (χ4n) is 3.20. The minimum absolute atomic E-state index is 0.131. The van der Waals surface area contributed by atoms with Crippen molar-refractivity contribution < 1.29 is 19.5 Å². The molecule has 0 aromatic heterocycles. The highest BCUT2D eigenvalue weighted by molar-refractivity contribution is 5.93. The standard InChI is InChI=1S/C13H20N2O4/c1-2-4-13(12(18)19)5-3-6-15(13)11(17)9-7-10(16)14-8-9/h9H,2-8H2,1H3,(H,14,16)(H,18,19). The van der Waals surface area contributed by atoms with Crippen molar-refractivity contribution in [3.8, 4) is 0 Å². The fraction of sp³-hybridized carbons (Fsp3) is 0.769. The maximum atomic E-state index is 12.5. The third-order valence-electron chi connectivity index (χ3n) is 4.14. The molecule has 6 nitrogen and oxygen atoms in total. The third-order valence-corrected chi connectivity index (χ3v) is 4.14. The summed E-state index contributed by atoms with van der Waals surface area (Å²) in [5, 5.41) is 12.2. The summed E-state index contributed by atoms with van der Waals surface area (Å²) in [6.45, 7) is 2.73. The largest absolute Gasteiger partial charge is 0.479 e. The predicted octanol–water partition coefficient (Wildman–Crippen LogP) is 0.368. The van der Waals surface area contributed by atoms with Crippen LogP contribution in [0.5, 0.6) is 0 Å². The molecule has 2 saturated heterocycles. The highest BCUT2D eigenvalue weighted by Crippen LogP contribution is 2.35. The van der Waals surface area contributed by atoms with E-state index in [9.17, 15) is 19.5 Å². The van der Waals surface area contributed by atoms with Crippen molar-refractivity contribution in [2.75, 3.05) is 13.1 Å². The molecule has 0 radical (unpaired) electrons. The van der Waals surface area contributed by atoms with Gasteiger partial charge in [-0.15, -0.1) is 0 Å². The average Bonchev–Trinajstić information content (AvgIpc) is 2.96. The number of hydrogen-bond donors (Lipinski definition) is 2. The average molecular weight is 268 g/mol. The number of nitrogens with one attached hydrogen (secondary N) is 1. The zero-order valence-electron chi connectivity index (χ0n) is 11.1. The third kappa shape index (κ3) is 2.31. The summed E-state index contributed by atoms with van der Waals surface area (Å²) >= 11 is 0. The van der Waals surface area contributed by atoms with E-state index in [1.807, 2.05) is 6.92 Å². The van der Waals surface area contributed by atoms with Crippen molar-refractivity contribution >= 4 is 17.8 Å². The molecule has 2 rings (SSSR count). The topological polar surface area (TPSA) is 86.7 Å². The predicted molar refractivity (Wildman–Crippen MR) is 67.3 cm³/mol. The van der Waals surface area contributed by atoms with Crippen LogP contribution in [0.2, 0.25) is 0 Å². The van der Waals surface area contributed by atoms with Gasteiger partial charge in [-0.3, -0.25) is 9.59 Å². The van der Waals surface area contributed by atoms with Crippen LogP contribution in [0, 0.1) is 5.92 Å². The van der Waals surface area contributed by atoms with Crippen LogP contribution in [0.1, 0.15) is 39.0 Å². The van der Waals surface area contributed by atoms with Gasteiger partial charge in [0.15, 0.2) is 0 Å². The van der Waals surface area contributed by atoms with E-state index >= 15 is 0 Å². The smallest absolute Gasteiger partial charge is 0.329 e. The Kier molecular flexibility index (Phi) is 3.78. The molecule has 6 heteroatoms. The Labute approximate surface area is 112 Å². The summed E-state index contributed by atoms with van der Waals surface area (Å²) < 4.78 is 0. The molecule has 2 heterocycles. The molecule has 0 aromatic carbocycles. The van der Waals surface area contributed by atoms with Crippen molar-refractivity contribution in [3.63, 3.8) is 0 Å². The monoisotopic (exact) mass is 268 g/mol. The van der Waals surface area contributed by atoms with Crippen molar-refractivity contribution in [1.82, 2.24) is 10.2 Å². The summed E-state index contributed by atoms with van der Waals surface area (Å²) in [4.78, 5) is 36.8. The zero-order chi connectivity index (χ0) is 14.0. The number of carboxylic acid groups (broad SMARTS) is 1. The first-order chi connectivity index (χ1) is 9.01. The van der Waals surface area contributed by atoms with Crippen LogP contribution in [0.4, 0.5) is 0 Å². The molecular formula is C13H20N2O4. The normalized spacial score (nSPS) is 30.5. The lowest BCUT2D eigenvalue weighted by molar-refractivity contribution is -0.158. The minimum atomic E-state index is -1.06. The van der Waals surface area contributed by atoms with Gasteiger partial charge in [0.05, 0.1) is 5.92 Å². The SMILES string of the molecule is CCCC1(C(=O)O)CCCN1C(=O)C1CNC(=O)C1. The Morgan fingerprint density at radius 2 is 2.26 bits per heavy atom. The van der Waals surface area contributed by atoms with Crippen LogP contribution in [0.25, 0.3) is 0 Å². The molecular weight excluding hydrogens is 248 g/mol. The number of carbonyl (C=O) groups excluding carboxylic acids is 2. The Hall–Kier alpha value is -1.59. The van der Waals surface area contributed by atoms with Gasteiger partial charge in [-0.05, 0) is 19.3 Å². The van der Waals surface area contributed by atoms with Crippen LogP contribution >= 0.6 is 0 Å². The summed E-state index contributed by atoms with van der Waals surface area (Å²) in [6, 6.07) is 0. The maximum absolute atomic E-state index is 12.5. The van der Waals surface area contributed by atoms with Gasteiger partial charge in [0, 0.05) is 19.5 Å². The van der Waals surface area contributed by atoms with Gasteiger partial charge in [0.1, 0.15) is 5.54 Å². The highest BCUT2D eigenvalue weighted by Gasteiger charge is 2.50. The molecule has 2 atom stereocenters. The molecule has 2 fully saturated rings. The van der Waals surface area contributed by atoms with Crippen LogP contribution in [-0.2, 0) is 14.4 Å². The summed E-state index contributed by atoms with van der Waals surface area (Å²) in [6.07, 6.45) is 2.60. The Bertz CT molecular complexity index is 409. The van der Waals surface area contributed by atoms with Gasteiger partial charge in [0.25, 0.3) is 0 Å². The van der Waals surface area contributed by atoms with Crippen molar-refractivity contribution in [1.29, 1.82) is 0 Å². The van der Waals surface area contributed by atoms with E-state index in [4.69, 9.17) is 0 Å². The van der Waals surface area contributed by atoms with E-state index in [1.54, 1.807) is 0 Å². The molecule has 0 bridgehead atoms. The Morgan fingerprint density at radius 3 is 2.79 bits per heavy atom. The number of hydrogen-bond acceptors (Lipinski definition) is 3. The Morgan fingerprint density at radius 1 is 1.53 bits per heavy atom. The Balaban J connectivity index is 2.19. The summed E-state index contributed by atoms with van der Waals surface area (Å²) in [7, 11) is 0. The second-order valence-corrected chi connectivity index (χ2v) is 5.39. The van der Waals surface area contributed by atoms with Gasteiger partial charge in [-0.1, -0.05) is 13.3 Å². The first-order valence-corrected chi connectivity index (χ1v) is 6.83. The van der Waals surface area contributed by atoms with Crippen LogP contribution in [0.3, 0.4) is 0 Å². The number of carboxylic acids is 1. The molecule has 0 spiro atoms. The van der Waals surface area contributed by atoms with Crippen molar-refractivity contribution in [3.05, 3.63) is 0 Å². The number of rotatable bonds is 4. The summed E-state index contributed by atoms with van der Waals surface area (Å²) in [5.41, 5.74) is -1.06. The minimum Gasteiger partial charge on any atom is -0.479 e. The second kappa shape index (κ2) is 5.19.